The molecule has 0 N–H and O–H groups in total. The molecular weight excluding hydrogens is 458 g/mol. The van der Waals surface area contributed by atoms with Crippen LogP contribution in [0.25, 0.3) is 0 Å². The molecule has 11 heteroatoms. The van der Waals surface area contributed by atoms with Crippen LogP contribution in [0.3, 0.4) is 0 Å². The molecule has 0 bridgehead atoms. The molecular formula is C20H25N3O5S3. The van der Waals surface area contributed by atoms with Crippen molar-refractivity contribution in [1.82, 2.24) is 14.2 Å². The summed E-state index contributed by atoms with van der Waals surface area (Å²) in [6.45, 7) is 3.52. The largest absolute Gasteiger partial charge is 0.465 e. The predicted octanol–water partition coefficient (Wildman–Crippen LogP) is 3.00. The molecule has 168 valence electrons. The lowest BCUT2D eigenvalue weighted by Crippen LogP contribution is -2.35. The van der Waals surface area contributed by atoms with Crippen LogP contribution in [0.15, 0.2) is 15.9 Å². The van der Waals surface area contributed by atoms with E-state index in [9.17, 15) is 18.0 Å². The summed E-state index contributed by atoms with van der Waals surface area (Å²) in [5.74, 6) is -0.377. The Morgan fingerprint density at radius 3 is 2.74 bits per heavy atom. The smallest absolute Gasteiger partial charge is 0.340 e. The van der Waals surface area contributed by atoms with Crippen molar-refractivity contribution in [1.29, 1.82) is 0 Å². The molecule has 4 rings (SSSR count). The molecule has 1 saturated carbocycles. The van der Waals surface area contributed by atoms with E-state index in [1.165, 1.54) is 28.9 Å². The van der Waals surface area contributed by atoms with Gasteiger partial charge in [0.2, 0.25) is 0 Å². The molecule has 0 unspecified atom stereocenters. The maximum atomic E-state index is 13.6. The van der Waals surface area contributed by atoms with Gasteiger partial charge in [0.1, 0.15) is 9.09 Å². The Labute approximate surface area is 189 Å². The average molecular weight is 484 g/mol. The fourth-order valence-corrected chi connectivity index (χ4v) is 8.02. The number of rotatable bonds is 8. The zero-order chi connectivity index (χ0) is 22.2. The van der Waals surface area contributed by atoms with Gasteiger partial charge >= 0.3 is 5.97 Å². The Kier molecular flexibility index (Phi) is 6.47. The van der Waals surface area contributed by atoms with E-state index < -0.39 is 16.0 Å². The van der Waals surface area contributed by atoms with Crippen molar-refractivity contribution in [2.75, 3.05) is 26.7 Å². The normalized spacial score (nSPS) is 16.4. The van der Waals surface area contributed by atoms with Gasteiger partial charge in [-0.3, -0.25) is 9.78 Å². The van der Waals surface area contributed by atoms with Crippen molar-refractivity contribution in [3.8, 4) is 0 Å². The van der Waals surface area contributed by atoms with Gasteiger partial charge in [0, 0.05) is 24.5 Å². The molecule has 0 spiro atoms. The third-order valence-corrected chi connectivity index (χ3v) is 9.89. The number of sulfonamides is 1. The van der Waals surface area contributed by atoms with E-state index in [4.69, 9.17) is 4.74 Å². The third kappa shape index (κ3) is 4.41. The number of hydrogen-bond acceptors (Lipinski definition) is 8. The predicted molar refractivity (Wildman–Crippen MR) is 118 cm³/mol. The monoisotopic (exact) mass is 483 g/mol. The zero-order valence-electron chi connectivity index (χ0n) is 17.5. The van der Waals surface area contributed by atoms with Crippen molar-refractivity contribution in [3.05, 3.63) is 32.6 Å². The second kappa shape index (κ2) is 8.97. The lowest BCUT2D eigenvalue weighted by molar-refractivity contribution is 0.0595. The first kappa shape index (κ1) is 22.4. The summed E-state index contributed by atoms with van der Waals surface area (Å²) >= 11 is 2.37. The molecule has 3 heterocycles. The van der Waals surface area contributed by atoms with Crippen LogP contribution in [0, 0.1) is 5.92 Å². The summed E-state index contributed by atoms with van der Waals surface area (Å²) in [4.78, 5) is 32.3. The summed E-state index contributed by atoms with van der Waals surface area (Å²) < 4.78 is 33.7. The van der Waals surface area contributed by atoms with Crippen LogP contribution < -0.4 is 0 Å². The van der Waals surface area contributed by atoms with Gasteiger partial charge in [0.25, 0.3) is 15.9 Å². The molecule has 8 nitrogen and oxygen atoms in total. The molecule has 0 radical (unpaired) electrons. The van der Waals surface area contributed by atoms with Gasteiger partial charge in [-0.2, -0.15) is 4.31 Å². The van der Waals surface area contributed by atoms with Gasteiger partial charge in [0.15, 0.2) is 0 Å². The van der Waals surface area contributed by atoms with E-state index in [0.717, 1.165) is 29.1 Å². The summed E-state index contributed by atoms with van der Waals surface area (Å²) in [5.41, 5.74) is 2.44. The molecule has 0 aromatic carbocycles. The number of esters is 1. The Balaban J connectivity index is 1.70. The van der Waals surface area contributed by atoms with Crippen LogP contribution in [-0.4, -0.2) is 61.2 Å². The van der Waals surface area contributed by atoms with Gasteiger partial charge in [-0.15, -0.1) is 22.7 Å². The third-order valence-electron chi connectivity index (χ3n) is 5.55. The zero-order valence-corrected chi connectivity index (χ0v) is 19.9. The number of hydrogen-bond donors (Lipinski definition) is 0. The number of thiazole rings is 1. The molecule has 2 aromatic heterocycles. The Hall–Kier alpha value is -1.82. The molecule has 0 saturated heterocycles. The number of ether oxygens (including phenoxy) is 1. The lowest BCUT2D eigenvalue weighted by atomic mass is 10.0. The first-order chi connectivity index (χ1) is 14.9. The fourth-order valence-electron chi connectivity index (χ4n) is 3.78. The minimum absolute atomic E-state index is 0.0468. The van der Waals surface area contributed by atoms with E-state index in [0.29, 0.717) is 48.8 Å². The van der Waals surface area contributed by atoms with Crippen molar-refractivity contribution in [2.45, 2.75) is 43.4 Å². The number of carbonyl (C=O) groups is 2. The number of fused-ring (bicyclic) bond motifs is 1. The van der Waals surface area contributed by atoms with Gasteiger partial charge in [-0.05, 0) is 37.2 Å². The molecule has 1 amide bonds. The summed E-state index contributed by atoms with van der Waals surface area (Å²) in [6, 6.07) is 0. The fraction of sp³-hybridized carbons (Fsp3) is 0.550. The van der Waals surface area contributed by atoms with Gasteiger partial charge in [-0.1, -0.05) is 6.92 Å². The highest BCUT2D eigenvalue weighted by atomic mass is 32.2. The SMILES string of the molecule is CCCN(CC1CC1)S(=O)(=O)c1sc2c(c1C(=O)OC)CCN(C(=O)c1cncs1)C2. The topological polar surface area (TPSA) is 96.9 Å². The number of thiophene rings is 1. The maximum absolute atomic E-state index is 13.6. The summed E-state index contributed by atoms with van der Waals surface area (Å²) in [5, 5.41) is 0. The number of nitrogens with zero attached hydrogens (tertiary/aromatic N) is 3. The van der Waals surface area contributed by atoms with Crippen LogP contribution in [0.1, 0.15) is 56.7 Å². The standard InChI is InChI=1S/C20H25N3O5S3/c1-3-7-23(10-13-4-5-13)31(26,27)20-17(19(25)28-2)14-6-8-22(11-16(14)30-20)18(24)15-9-21-12-29-15/h9,12-13H,3-8,10-11H2,1-2H3. The molecule has 1 aliphatic heterocycles. The van der Waals surface area contributed by atoms with E-state index in [-0.39, 0.29) is 22.2 Å². The minimum Gasteiger partial charge on any atom is -0.465 e. The Morgan fingerprint density at radius 1 is 1.35 bits per heavy atom. The molecule has 31 heavy (non-hydrogen) atoms. The van der Waals surface area contributed by atoms with Crippen LogP contribution in [0.5, 0.6) is 0 Å². The van der Waals surface area contributed by atoms with Gasteiger partial charge < -0.3 is 9.64 Å². The highest BCUT2D eigenvalue weighted by Gasteiger charge is 2.39. The van der Waals surface area contributed by atoms with Crippen molar-refractivity contribution < 1.29 is 22.7 Å². The second-order valence-corrected chi connectivity index (χ2v) is 11.9. The first-order valence-electron chi connectivity index (χ1n) is 10.3. The molecule has 2 aliphatic rings. The van der Waals surface area contributed by atoms with Gasteiger partial charge in [0.05, 0.1) is 30.9 Å². The van der Waals surface area contributed by atoms with E-state index in [1.54, 1.807) is 10.4 Å². The van der Waals surface area contributed by atoms with E-state index in [2.05, 4.69) is 4.98 Å². The average Bonchev–Trinajstić information content (AvgIpc) is 3.26. The van der Waals surface area contributed by atoms with Crippen LogP contribution >= 0.6 is 22.7 Å². The van der Waals surface area contributed by atoms with Crippen LogP contribution in [0.4, 0.5) is 0 Å². The Bertz CT molecular complexity index is 1070. The number of methoxy groups -OCH3 is 1. The van der Waals surface area contributed by atoms with Crippen molar-refractivity contribution >= 4 is 44.6 Å². The highest BCUT2D eigenvalue weighted by Crippen LogP contribution is 2.40. The van der Waals surface area contributed by atoms with Gasteiger partial charge in [-0.25, -0.2) is 13.2 Å². The minimum atomic E-state index is -3.84. The van der Waals surface area contributed by atoms with Crippen LogP contribution in [0.2, 0.25) is 0 Å². The Morgan fingerprint density at radius 2 is 2.13 bits per heavy atom. The lowest BCUT2D eigenvalue weighted by Gasteiger charge is -2.26. The summed E-state index contributed by atoms with van der Waals surface area (Å²) in [7, 11) is -2.58. The maximum Gasteiger partial charge on any atom is 0.340 e. The number of amides is 1. The second-order valence-electron chi connectivity index (χ2n) is 7.81. The molecule has 0 atom stereocenters. The van der Waals surface area contributed by atoms with Crippen molar-refractivity contribution in [3.63, 3.8) is 0 Å². The number of aromatic nitrogens is 1. The molecule has 1 aliphatic carbocycles. The molecule has 2 aromatic rings. The van der Waals surface area contributed by atoms with E-state index >= 15 is 0 Å². The quantitative estimate of drug-likeness (QED) is 0.536. The van der Waals surface area contributed by atoms with E-state index in [1.807, 2.05) is 6.92 Å². The number of carbonyl (C=O) groups excluding carboxylic acids is 2. The highest BCUT2D eigenvalue weighted by molar-refractivity contribution is 7.91. The first-order valence-corrected chi connectivity index (χ1v) is 13.4. The summed E-state index contributed by atoms with van der Waals surface area (Å²) in [6.07, 6.45) is 4.71. The molecule has 1 fully saturated rings. The van der Waals surface area contributed by atoms with Crippen molar-refractivity contribution in [2.24, 2.45) is 5.92 Å². The van der Waals surface area contributed by atoms with Crippen LogP contribution in [-0.2, 0) is 27.7 Å².